The topological polar surface area (TPSA) is 21.3 Å². The molecule has 0 bridgehead atoms. The summed E-state index contributed by atoms with van der Waals surface area (Å²) < 4.78 is 1.32. The van der Waals surface area contributed by atoms with E-state index in [1.54, 1.807) is 0 Å². The number of thiophene rings is 1. The maximum atomic E-state index is 5.59. The number of fused-ring (bicyclic) bond motifs is 1. The van der Waals surface area contributed by atoms with Crippen molar-refractivity contribution in [1.82, 2.24) is 5.48 Å². The molecule has 102 valence electrons. The molecule has 0 spiro atoms. The molecule has 20 heavy (non-hydrogen) atoms. The minimum Gasteiger partial charge on any atom is -0.296 e. The first-order valence-corrected chi connectivity index (χ1v) is 7.54. The predicted molar refractivity (Wildman–Crippen MR) is 84.6 cm³/mol. The molecule has 1 N–H and O–H groups in total. The van der Waals surface area contributed by atoms with Gasteiger partial charge in [-0.05, 0) is 30.0 Å². The lowest BCUT2D eigenvalue weighted by atomic mass is 10.2. The maximum Gasteiger partial charge on any atom is 0.0933 e. The summed E-state index contributed by atoms with van der Waals surface area (Å²) in [7, 11) is 0. The van der Waals surface area contributed by atoms with Gasteiger partial charge in [-0.3, -0.25) is 4.84 Å². The normalized spacial score (nSPS) is 12.7. The number of benzene rings is 2. The molecule has 1 atom stereocenters. The van der Waals surface area contributed by atoms with Gasteiger partial charge in [0.15, 0.2) is 0 Å². The van der Waals surface area contributed by atoms with Crippen molar-refractivity contribution < 1.29 is 4.84 Å². The van der Waals surface area contributed by atoms with E-state index in [2.05, 4.69) is 54.9 Å². The molecular formula is C17H17NOS. The van der Waals surface area contributed by atoms with Crippen molar-refractivity contribution in [2.24, 2.45) is 0 Å². The number of hydroxylamine groups is 1. The summed E-state index contributed by atoms with van der Waals surface area (Å²) in [6, 6.07) is 21.0. The molecule has 2 nitrogen and oxygen atoms in total. The molecule has 3 heteroatoms. The Bertz CT molecular complexity index is 645. The summed E-state index contributed by atoms with van der Waals surface area (Å²) in [6.45, 7) is 2.70. The van der Waals surface area contributed by atoms with Gasteiger partial charge in [-0.25, -0.2) is 0 Å². The fourth-order valence-corrected chi connectivity index (χ4v) is 3.15. The van der Waals surface area contributed by atoms with Crippen LogP contribution >= 0.6 is 11.3 Å². The lowest BCUT2D eigenvalue weighted by Gasteiger charge is -2.12. The van der Waals surface area contributed by atoms with E-state index in [0.29, 0.717) is 6.61 Å². The lowest BCUT2D eigenvalue weighted by molar-refractivity contribution is 0.00772. The monoisotopic (exact) mass is 283 g/mol. The second kappa shape index (κ2) is 6.18. The van der Waals surface area contributed by atoms with E-state index in [4.69, 9.17) is 4.84 Å². The third kappa shape index (κ3) is 3.07. The summed E-state index contributed by atoms with van der Waals surface area (Å²) in [6.07, 6.45) is 0. The lowest BCUT2D eigenvalue weighted by Crippen LogP contribution is -2.18. The summed E-state index contributed by atoms with van der Waals surface area (Å²) in [5, 5.41) is 1.30. The Labute approximate surface area is 123 Å². The van der Waals surface area contributed by atoms with Crippen LogP contribution in [-0.4, -0.2) is 0 Å². The second-order valence-electron chi connectivity index (χ2n) is 4.80. The highest BCUT2D eigenvalue weighted by Gasteiger charge is 2.09. The van der Waals surface area contributed by atoms with Gasteiger partial charge in [-0.2, -0.15) is 5.48 Å². The fourth-order valence-electron chi connectivity index (χ4n) is 2.10. The van der Waals surface area contributed by atoms with Gasteiger partial charge in [0.25, 0.3) is 0 Å². The molecule has 1 heterocycles. The van der Waals surface area contributed by atoms with Crippen molar-refractivity contribution in [3.63, 3.8) is 0 Å². The number of rotatable bonds is 5. The van der Waals surface area contributed by atoms with Crippen molar-refractivity contribution in [3.8, 4) is 0 Å². The highest BCUT2D eigenvalue weighted by Crippen LogP contribution is 2.29. The van der Waals surface area contributed by atoms with E-state index in [-0.39, 0.29) is 6.04 Å². The minimum absolute atomic E-state index is 0.191. The van der Waals surface area contributed by atoms with Crippen LogP contribution in [0.5, 0.6) is 0 Å². The Morgan fingerprint density at radius 3 is 2.60 bits per heavy atom. The minimum atomic E-state index is 0.191. The van der Waals surface area contributed by atoms with Crippen molar-refractivity contribution in [2.45, 2.75) is 19.6 Å². The molecule has 0 radical (unpaired) electrons. The largest absolute Gasteiger partial charge is 0.296 e. The number of nitrogens with one attached hydrogen (secondary N) is 1. The Morgan fingerprint density at radius 1 is 1.05 bits per heavy atom. The van der Waals surface area contributed by atoms with Crippen LogP contribution in [0.3, 0.4) is 0 Å². The summed E-state index contributed by atoms with van der Waals surface area (Å²) >= 11 is 1.81. The molecule has 0 saturated carbocycles. The summed E-state index contributed by atoms with van der Waals surface area (Å²) in [4.78, 5) is 6.88. The fraction of sp³-hybridized carbons (Fsp3) is 0.176. The molecule has 1 aromatic heterocycles. The Balaban J connectivity index is 1.60. The average Bonchev–Trinajstić information content (AvgIpc) is 2.92. The third-order valence-corrected chi connectivity index (χ3v) is 4.51. The maximum absolute atomic E-state index is 5.59. The van der Waals surface area contributed by atoms with Crippen molar-refractivity contribution in [1.29, 1.82) is 0 Å². The van der Waals surface area contributed by atoms with Crippen LogP contribution in [0.1, 0.15) is 23.4 Å². The molecule has 3 aromatic rings. The molecule has 0 fully saturated rings. The van der Waals surface area contributed by atoms with E-state index < -0.39 is 0 Å². The Morgan fingerprint density at radius 2 is 1.80 bits per heavy atom. The van der Waals surface area contributed by atoms with Crippen LogP contribution in [0, 0.1) is 0 Å². The molecule has 0 saturated heterocycles. The zero-order valence-electron chi connectivity index (χ0n) is 11.4. The van der Waals surface area contributed by atoms with Gasteiger partial charge in [0.1, 0.15) is 0 Å². The summed E-state index contributed by atoms with van der Waals surface area (Å²) in [5.41, 5.74) is 4.29. The predicted octanol–water partition coefficient (Wildman–Crippen LogP) is 4.68. The van der Waals surface area contributed by atoms with E-state index in [9.17, 15) is 0 Å². The number of hydrogen-bond acceptors (Lipinski definition) is 3. The van der Waals surface area contributed by atoms with Crippen LogP contribution in [-0.2, 0) is 11.4 Å². The van der Waals surface area contributed by atoms with Crippen molar-refractivity contribution in [3.05, 3.63) is 71.1 Å². The molecule has 3 rings (SSSR count). The van der Waals surface area contributed by atoms with Gasteiger partial charge in [0, 0.05) is 9.58 Å². The Kier molecular flexibility index (Phi) is 4.11. The summed E-state index contributed by atoms with van der Waals surface area (Å²) in [5.74, 6) is 0. The smallest absolute Gasteiger partial charge is 0.0933 e. The second-order valence-corrected chi connectivity index (χ2v) is 5.92. The van der Waals surface area contributed by atoms with Gasteiger partial charge >= 0.3 is 0 Å². The van der Waals surface area contributed by atoms with Gasteiger partial charge in [0.2, 0.25) is 0 Å². The molecule has 2 aromatic carbocycles. The van der Waals surface area contributed by atoms with E-state index in [1.165, 1.54) is 20.5 Å². The first kappa shape index (κ1) is 13.3. The first-order chi connectivity index (χ1) is 9.83. The average molecular weight is 283 g/mol. The van der Waals surface area contributed by atoms with Crippen LogP contribution in [0.2, 0.25) is 0 Å². The highest BCUT2D eigenvalue weighted by atomic mass is 32.1. The molecule has 1 unspecified atom stereocenters. The van der Waals surface area contributed by atoms with Crippen molar-refractivity contribution >= 4 is 21.4 Å². The van der Waals surface area contributed by atoms with Gasteiger partial charge in [0.05, 0.1) is 12.6 Å². The van der Waals surface area contributed by atoms with Crippen molar-refractivity contribution in [2.75, 3.05) is 0 Å². The molecular weight excluding hydrogens is 266 g/mol. The van der Waals surface area contributed by atoms with Crippen LogP contribution in [0.25, 0.3) is 10.1 Å². The molecule has 0 amide bonds. The van der Waals surface area contributed by atoms with Gasteiger partial charge in [-0.15, -0.1) is 11.3 Å². The number of hydrogen-bond donors (Lipinski definition) is 1. The zero-order chi connectivity index (χ0) is 13.8. The van der Waals surface area contributed by atoms with Gasteiger partial charge < -0.3 is 0 Å². The van der Waals surface area contributed by atoms with Crippen LogP contribution in [0.4, 0.5) is 0 Å². The van der Waals surface area contributed by atoms with Crippen LogP contribution in [0.15, 0.2) is 60.7 Å². The van der Waals surface area contributed by atoms with Gasteiger partial charge in [-0.1, -0.05) is 48.5 Å². The molecule has 0 aliphatic rings. The Hall–Kier alpha value is -1.68. The van der Waals surface area contributed by atoms with Crippen LogP contribution < -0.4 is 5.48 Å². The van der Waals surface area contributed by atoms with E-state index >= 15 is 0 Å². The quantitative estimate of drug-likeness (QED) is 0.686. The molecule has 0 aliphatic carbocycles. The zero-order valence-corrected chi connectivity index (χ0v) is 12.2. The standard InChI is InChI=1S/C17H17NOS/c1-13(18-19-12-14-7-3-2-4-8-14)17-11-15-9-5-6-10-16(15)20-17/h2-11,13,18H,12H2,1H3. The third-order valence-electron chi connectivity index (χ3n) is 3.21. The van der Waals surface area contributed by atoms with E-state index in [0.717, 1.165) is 0 Å². The van der Waals surface area contributed by atoms with E-state index in [1.807, 2.05) is 29.5 Å². The highest BCUT2D eigenvalue weighted by molar-refractivity contribution is 7.19. The molecule has 0 aliphatic heterocycles. The SMILES string of the molecule is CC(NOCc1ccccc1)c1cc2ccccc2s1. The first-order valence-electron chi connectivity index (χ1n) is 6.72.